The van der Waals surface area contributed by atoms with E-state index < -0.39 is 10.0 Å². The molecule has 0 aliphatic rings. The van der Waals surface area contributed by atoms with E-state index in [0.717, 1.165) is 17.0 Å². The van der Waals surface area contributed by atoms with E-state index >= 15 is 0 Å². The van der Waals surface area contributed by atoms with Gasteiger partial charge in [0.15, 0.2) is 0 Å². The zero-order valence-corrected chi connectivity index (χ0v) is 17.5. The van der Waals surface area contributed by atoms with Gasteiger partial charge >= 0.3 is 0 Å². The Bertz CT molecular complexity index is 1060. The number of anilines is 1. The van der Waals surface area contributed by atoms with Gasteiger partial charge in [0.2, 0.25) is 10.0 Å². The Morgan fingerprint density at radius 1 is 1.14 bits per heavy atom. The van der Waals surface area contributed by atoms with Crippen LogP contribution in [0.25, 0.3) is 5.69 Å². The first-order valence-electron chi connectivity index (χ1n) is 9.31. The van der Waals surface area contributed by atoms with Crippen LogP contribution in [0.5, 0.6) is 0 Å². The molecular weight excluding hydrogens is 388 g/mol. The summed E-state index contributed by atoms with van der Waals surface area (Å²) >= 11 is 0. The minimum Gasteiger partial charge on any atom is -0.306 e. The molecule has 0 amide bonds. The zero-order chi connectivity index (χ0) is 20.9. The van der Waals surface area contributed by atoms with Crippen LogP contribution in [0.3, 0.4) is 0 Å². The molecule has 0 fully saturated rings. The topological polar surface area (TPSA) is 92.5 Å². The monoisotopic (exact) mass is 412 g/mol. The molecule has 0 aliphatic heterocycles. The van der Waals surface area contributed by atoms with Crippen molar-refractivity contribution >= 4 is 21.6 Å². The highest BCUT2D eigenvalue weighted by Gasteiger charge is 2.21. The van der Waals surface area contributed by atoms with Crippen LogP contribution in [0.15, 0.2) is 71.3 Å². The lowest BCUT2D eigenvalue weighted by atomic mass is 10.1. The minimum absolute atomic E-state index is 0.169. The van der Waals surface area contributed by atoms with Crippen LogP contribution in [0.4, 0.5) is 5.82 Å². The van der Waals surface area contributed by atoms with Gasteiger partial charge in [-0.05, 0) is 36.8 Å². The number of nitrogens with zero attached hydrogens (tertiary/aromatic N) is 5. The molecule has 1 aromatic carbocycles. The summed E-state index contributed by atoms with van der Waals surface area (Å²) < 4.78 is 28.3. The Balaban J connectivity index is 1.69. The predicted molar refractivity (Wildman–Crippen MR) is 114 cm³/mol. The number of aromatic nitrogens is 3. The molecule has 0 radical (unpaired) electrons. The van der Waals surface area contributed by atoms with Crippen molar-refractivity contribution in [3.63, 3.8) is 0 Å². The Morgan fingerprint density at radius 3 is 2.41 bits per heavy atom. The van der Waals surface area contributed by atoms with Gasteiger partial charge in [-0.25, -0.2) is 18.4 Å². The average Bonchev–Trinajstić information content (AvgIpc) is 3.28. The maximum atomic E-state index is 12.5. The number of sulfonamides is 1. The standard InChI is InChI=1S/C20H24N6O2S/c1-4-26(5-2)29(27,28)19-10-11-20(22-14-19)24-23-16(3)17-6-8-18(9-7-17)25-13-12-21-15-25/h6-15H,4-5H2,1-3H3,(H,22,24)/b23-16+. The molecule has 1 N–H and O–H groups in total. The van der Waals surface area contributed by atoms with Crippen molar-refractivity contribution < 1.29 is 8.42 Å². The third kappa shape index (κ3) is 4.69. The van der Waals surface area contributed by atoms with Crippen LogP contribution >= 0.6 is 0 Å². The lowest BCUT2D eigenvalue weighted by Gasteiger charge is -2.18. The van der Waals surface area contributed by atoms with Crippen LogP contribution in [-0.2, 0) is 10.0 Å². The van der Waals surface area contributed by atoms with Crippen molar-refractivity contribution in [2.24, 2.45) is 5.10 Å². The molecule has 2 aromatic heterocycles. The number of nitrogens with one attached hydrogen (secondary N) is 1. The first-order chi connectivity index (χ1) is 14.0. The number of benzene rings is 1. The van der Waals surface area contributed by atoms with E-state index in [1.807, 2.05) is 55.8 Å². The number of pyridine rings is 1. The van der Waals surface area contributed by atoms with Gasteiger partial charge in [-0.3, -0.25) is 5.43 Å². The molecule has 0 aliphatic carbocycles. The molecule has 0 bridgehead atoms. The molecular formula is C20H24N6O2S. The molecule has 0 spiro atoms. The summed E-state index contributed by atoms with van der Waals surface area (Å²) in [6.07, 6.45) is 6.71. The summed E-state index contributed by atoms with van der Waals surface area (Å²) in [6.45, 7) is 6.34. The van der Waals surface area contributed by atoms with Crippen molar-refractivity contribution in [1.29, 1.82) is 0 Å². The van der Waals surface area contributed by atoms with Gasteiger partial charge in [-0.1, -0.05) is 26.0 Å². The van der Waals surface area contributed by atoms with Gasteiger partial charge in [0, 0.05) is 37.4 Å². The van der Waals surface area contributed by atoms with Crippen LogP contribution in [0.1, 0.15) is 26.3 Å². The predicted octanol–water partition coefficient (Wildman–Crippen LogP) is 3.13. The Kier molecular flexibility index (Phi) is 6.40. The van der Waals surface area contributed by atoms with Gasteiger partial charge in [-0.15, -0.1) is 0 Å². The number of hydrogen-bond donors (Lipinski definition) is 1. The summed E-state index contributed by atoms with van der Waals surface area (Å²) in [5.41, 5.74) is 5.63. The molecule has 0 saturated heterocycles. The van der Waals surface area contributed by atoms with Gasteiger partial charge < -0.3 is 4.57 Å². The highest BCUT2D eigenvalue weighted by atomic mass is 32.2. The molecule has 8 nitrogen and oxygen atoms in total. The quantitative estimate of drug-likeness (QED) is 0.453. The molecule has 2 heterocycles. The van der Waals surface area contributed by atoms with Crippen LogP contribution < -0.4 is 5.43 Å². The minimum atomic E-state index is -3.51. The van der Waals surface area contributed by atoms with E-state index in [9.17, 15) is 8.42 Å². The highest BCUT2D eigenvalue weighted by molar-refractivity contribution is 7.89. The number of hydrogen-bond acceptors (Lipinski definition) is 6. The maximum absolute atomic E-state index is 12.5. The number of imidazole rings is 1. The van der Waals surface area contributed by atoms with Crippen molar-refractivity contribution in [2.45, 2.75) is 25.7 Å². The first-order valence-corrected chi connectivity index (χ1v) is 10.7. The fraction of sp³-hybridized carbons (Fsp3) is 0.250. The van der Waals surface area contributed by atoms with E-state index in [4.69, 9.17) is 0 Å². The molecule has 0 saturated carbocycles. The summed E-state index contributed by atoms with van der Waals surface area (Å²) in [4.78, 5) is 8.39. The fourth-order valence-corrected chi connectivity index (χ4v) is 4.21. The molecule has 9 heteroatoms. The third-order valence-corrected chi connectivity index (χ3v) is 6.54. The van der Waals surface area contributed by atoms with Gasteiger partial charge in [0.05, 0.1) is 12.0 Å². The van der Waals surface area contributed by atoms with Crippen molar-refractivity contribution in [3.05, 3.63) is 66.9 Å². The number of rotatable bonds is 8. The summed E-state index contributed by atoms with van der Waals surface area (Å²) in [5.74, 6) is 0.470. The Labute approximate surface area is 171 Å². The second-order valence-electron chi connectivity index (χ2n) is 6.29. The van der Waals surface area contributed by atoms with Gasteiger partial charge in [0.25, 0.3) is 0 Å². The SMILES string of the molecule is CCN(CC)S(=O)(=O)c1ccc(N/N=C(\C)c2ccc(-n3ccnc3)cc2)nc1. The highest BCUT2D eigenvalue weighted by Crippen LogP contribution is 2.16. The zero-order valence-electron chi connectivity index (χ0n) is 16.6. The fourth-order valence-electron chi connectivity index (χ4n) is 2.80. The van der Waals surface area contributed by atoms with E-state index in [2.05, 4.69) is 20.5 Å². The summed E-state index contributed by atoms with van der Waals surface area (Å²) in [5, 5.41) is 4.34. The maximum Gasteiger partial charge on any atom is 0.244 e. The molecule has 3 aromatic rings. The normalized spacial score (nSPS) is 12.3. The Morgan fingerprint density at radius 2 is 1.86 bits per heavy atom. The van der Waals surface area contributed by atoms with Crippen molar-refractivity contribution in [2.75, 3.05) is 18.5 Å². The lowest BCUT2D eigenvalue weighted by molar-refractivity contribution is 0.445. The largest absolute Gasteiger partial charge is 0.306 e. The van der Waals surface area contributed by atoms with E-state index in [-0.39, 0.29) is 4.90 Å². The van der Waals surface area contributed by atoms with Crippen molar-refractivity contribution in [1.82, 2.24) is 18.8 Å². The van der Waals surface area contributed by atoms with Crippen molar-refractivity contribution in [3.8, 4) is 5.69 Å². The number of hydrazone groups is 1. The first kappa shape index (κ1) is 20.7. The second kappa shape index (κ2) is 8.97. The lowest BCUT2D eigenvalue weighted by Crippen LogP contribution is -2.30. The molecule has 29 heavy (non-hydrogen) atoms. The average molecular weight is 413 g/mol. The molecule has 152 valence electrons. The summed E-state index contributed by atoms with van der Waals surface area (Å²) in [6, 6.07) is 11.1. The molecule has 3 rings (SSSR count). The smallest absolute Gasteiger partial charge is 0.244 e. The van der Waals surface area contributed by atoms with Gasteiger partial charge in [0.1, 0.15) is 10.7 Å². The van der Waals surface area contributed by atoms with Crippen LogP contribution in [-0.4, -0.2) is 46.1 Å². The van der Waals surface area contributed by atoms with Gasteiger partial charge in [-0.2, -0.15) is 9.41 Å². The van der Waals surface area contributed by atoms with E-state index in [0.29, 0.717) is 18.9 Å². The van der Waals surface area contributed by atoms with Crippen LogP contribution in [0.2, 0.25) is 0 Å². The Hall–Kier alpha value is -3.04. The molecule has 0 unspecified atom stereocenters. The van der Waals surface area contributed by atoms with E-state index in [1.165, 1.54) is 16.6 Å². The van der Waals surface area contributed by atoms with Crippen LogP contribution in [0, 0.1) is 0 Å². The second-order valence-corrected chi connectivity index (χ2v) is 8.23. The third-order valence-electron chi connectivity index (χ3n) is 4.51. The van der Waals surface area contributed by atoms with E-state index in [1.54, 1.807) is 18.6 Å². The summed E-state index contributed by atoms with van der Waals surface area (Å²) in [7, 11) is -3.51. The molecule has 0 atom stereocenters.